The summed E-state index contributed by atoms with van der Waals surface area (Å²) in [5.41, 5.74) is 0.422. The fraction of sp³-hybridized carbons (Fsp3) is 0.625. The van der Waals surface area contributed by atoms with Gasteiger partial charge in [0.25, 0.3) is 0 Å². The Bertz CT molecular complexity index is 407. The molecule has 1 atom stereocenters. The molecule has 0 saturated heterocycles. The third-order valence-electron chi connectivity index (χ3n) is 3.87. The standard InChI is InChI=1S/C16H22F3N/c1-2-11-20-15(13-6-7-13)10-5-12-3-8-14(9-4-12)16(17,18)19/h3-4,8-9,13,15,20H,2,5-7,10-11H2,1H3. The molecular weight excluding hydrogens is 263 g/mol. The highest BCUT2D eigenvalue weighted by Gasteiger charge is 2.31. The smallest absolute Gasteiger partial charge is 0.314 e. The molecule has 4 heteroatoms. The van der Waals surface area contributed by atoms with Crippen LogP contribution in [-0.4, -0.2) is 12.6 Å². The van der Waals surface area contributed by atoms with Crippen LogP contribution in [0.5, 0.6) is 0 Å². The maximum absolute atomic E-state index is 12.5. The second-order valence-electron chi connectivity index (χ2n) is 5.63. The number of benzene rings is 1. The molecule has 0 spiro atoms. The number of rotatable bonds is 7. The molecular formula is C16H22F3N. The highest BCUT2D eigenvalue weighted by Crippen LogP contribution is 2.34. The maximum Gasteiger partial charge on any atom is 0.416 e. The first-order valence-electron chi connectivity index (χ1n) is 7.40. The number of aryl methyl sites for hydroxylation is 1. The van der Waals surface area contributed by atoms with Crippen molar-refractivity contribution in [3.8, 4) is 0 Å². The summed E-state index contributed by atoms with van der Waals surface area (Å²) >= 11 is 0. The van der Waals surface area contributed by atoms with E-state index >= 15 is 0 Å². The lowest BCUT2D eigenvalue weighted by molar-refractivity contribution is -0.137. The van der Waals surface area contributed by atoms with Crippen molar-refractivity contribution in [3.63, 3.8) is 0 Å². The van der Waals surface area contributed by atoms with Crippen LogP contribution >= 0.6 is 0 Å². The van der Waals surface area contributed by atoms with E-state index in [-0.39, 0.29) is 0 Å². The van der Waals surface area contributed by atoms with Gasteiger partial charge in [0.2, 0.25) is 0 Å². The predicted octanol–water partition coefficient (Wildman–Crippen LogP) is 4.42. The van der Waals surface area contributed by atoms with Crippen molar-refractivity contribution in [2.45, 2.75) is 51.2 Å². The van der Waals surface area contributed by atoms with Gasteiger partial charge in [-0.15, -0.1) is 0 Å². The van der Waals surface area contributed by atoms with Crippen LogP contribution in [0.1, 0.15) is 43.7 Å². The van der Waals surface area contributed by atoms with Gasteiger partial charge in [0.05, 0.1) is 5.56 Å². The summed E-state index contributed by atoms with van der Waals surface area (Å²) in [6, 6.07) is 6.10. The zero-order chi connectivity index (χ0) is 14.6. The largest absolute Gasteiger partial charge is 0.416 e. The molecule has 0 amide bonds. The van der Waals surface area contributed by atoms with Gasteiger partial charge in [-0.1, -0.05) is 19.1 Å². The fourth-order valence-electron chi connectivity index (χ4n) is 2.52. The first-order chi connectivity index (χ1) is 9.50. The molecule has 1 saturated carbocycles. The van der Waals surface area contributed by atoms with Gasteiger partial charge < -0.3 is 5.32 Å². The normalized spacial score (nSPS) is 17.2. The topological polar surface area (TPSA) is 12.0 Å². The monoisotopic (exact) mass is 285 g/mol. The first kappa shape index (κ1) is 15.4. The number of hydrogen-bond donors (Lipinski definition) is 1. The molecule has 1 nitrogen and oxygen atoms in total. The zero-order valence-corrected chi connectivity index (χ0v) is 11.8. The molecule has 1 aliphatic rings. The summed E-state index contributed by atoms with van der Waals surface area (Å²) in [5.74, 6) is 0.774. The number of halogens is 3. The van der Waals surface area contributed by atoms with E-state index in [1.165, 1.54) is 25.0 Å². The molecule has 2 rings (SSSR count). The SMILES string of the molecule is CCCNC(CCc1ccc(C(F)(F)F)cc1)C1CC1. The average molecular weight is 285 g/mol. The van der Waals surface area contributed by atoms with Gasteiger partial charge >= 0.3 is 6.18 Å². The highest BCUT2D eigenvalue weighted by molar-refractivity contribution is 5.24. The second-order valence-corrected chi connectivity index (χ2v) is 5.63. The second kappa shape index (κ2) is 6.61. The van der Waals surface area contributed by atoms with Crippen molar-refractivity contribution in [2.75, 3.05) is 6.54 Å². The number of alkyl halides is 3. The summed E-state index contributed by atoms with van der Waals surface area (Å²) in [4.78, 5) is 0. The molecule has 20 heavy (non-hydrogen) atoms. The Morgan fingerprint density at radius 1 is 1.20 bits per heavy atom. The number of hydrogen-bond acceptors (Lipinski definition) is 1. The van der Waals surface area contributed by atoms with Gasteiger partial charge in [0, 0.05) is 6.04 Å². The van der Waals surface area contributed by atoms with E-state index in [1.807, 2.05) is 0 Å². The lowest BCUT2D eigenvalue weighted by Crippen LogP contribution is -2.32. The Labute approximate surface area is 118 Å². The predicted molar refractivity (Wildman–Crippen MR) is 74.6 cm³/mol. The van der Waals surface area contributed by atoms with E-state index in [0.29, 0.717) is 6.04 Å². The number of nitrogens with one attached hydrogen (secondary N) is 1. The molecule has 1 N–H and O–H groups in total. The van der Waals surface area contributed by atoms with E-state index in [4.69, 9.17) is 0 Å². The van der Waals surface area contributed by atoms with Crippen molar-refractivity contribution in [1.29, 1.82) is 0 Å². The van der Waals surface area contributed by atoms with Gasteiger partial charge in [-0.05, 0) is 62.3 Å². The molecule has 1 aromatic rings. The van der Waals surface area contributed by atoms with Crippen LogP contribution in [0.2, 0.25) is 0 Å². The Hall–Kier alpha value is -1.03. The van der Waals surface area contributed by atoms with Crippen molar-refractivity contribution >= 4 is 0 Å². The zero-order valence-electron chi connectivity index (χ0n) is 11.8. The molecule has 1 unspecified atom stereocenters. The lowest BCUT2D eigenvalue weighted by atomic mass is 10.0. The third kappa shape index (κ3) is 4.51. The van der Waals surface area contributed by atoms with E-state index in [2.05, 4.69) is 12.2 Å². The summed E-state index contributed by atoms with van der Waals surface area (Å²) in [6.07, 6.45) is 1.30. The summed E-state index contributed by atoms with van der Waals surface area (Å²) < 4.78 is 37.4. The van der Waals surface area contributed by atoms with Crippen LogP contribution in [-0.2, 0) is 12.6 Å². The molecule has 0 aliphatic heterocycles. The molecule has 1 fully saturated rings. The van der Waals surface area contributed by atoms with Gasteiger partial charge in [-0.3, -0.25) is 0 Å². The van der Waals surface area contributed by atoms with E-state index in [1.54, 1.807) is 12.1 Å². The van der Waals surface area contributed by atoms with Crippen LogP contribution in [0.25, 0.3) is 0 Å². The first-order valence-corrected chi connectivity index (χ1v) is 7.40. The molecule has 0 heterocycles. The van der Waals surface area contributed by atoms with Crippen molar-refractivity contribution in [1.82, 2.24) is 5.32 Å². The Kier molecular flexibility index (Phi) is 5.08. The van der Waals surface area contributed by atoms with Crippen LogP contribution in [0.15, 0.2) is 24.3 Å². The van der Waals surface area contributed by atoms with Crippen LogP contribution in [0.3, 0.4) is 0 Å². The highest BCUT2D eigenvalue weighted by atomic mass is 19.4. The summed E-state index contributed by atoms with van der Waals surface area (Å²) in [6.45, 7) is 3.17. The minimum Gasteiger partial charge on any atom is -0.314 e. The van der Waals surface area contributed by atoms with Crippen LogP contribution in [0, 0.1) is 5.92 Å². The molecule has 1 aromatic carbocycles. The van der Waals surface area contributed by atoms with Crippen molar-refractivity contribution < 1.29 is 13.2 Å². The Morgan fingerprint density at radius 3 is 2.35 bits per heavy atom. The van der Waals surface area contributed by atoms with Gasteiger partial charge in [-0.25, -0.2) is 0 Å². The lowest BCUT2D eigenvalue weighted by Gasteiger charge is -2.18. The molecule has 0 radical (unpaired) electrons. The maximum atomic E-state index is 12.5. The molecule has 1 aliphatic carbocycles. The minimum atomic E-state index is -4.24. The third-order valence-corrected chi connectivity index (χ3v) is 3.87. The Balaban J connectivity index is 1.86. The van der Waals surface area contributed by atoms with Crippen LogP contribution < -0.4 is 5.32 Å². The van der Waals surface area contributed by atoms with Gasteiger partial charge in [0.15, 0.2) is 0 Å². The quantitative estimate of drug-likeness (QED) is 0.782. The van der Waals surface area contributed by atoms with E-state index in [0.717, 1.165) is 37.3 Å². The molecule has 0 bridgehead atoms. The minimum absolute atomic E-state index is 0.525. The van der Waals surface area contributed by atoms with E-state index < -0.39 is 11.7 Å². The fourth-order valence-corrected chi connectivity index (χ4v) is 2.52. The van der Waals surface area contributed by atoms with Crippen LogP contribution in [0.4, 0.5) is 13.2 Å². The van der Waals surface area contributed by atoms with E-state index in [9.17, 15) is 13.2 Å². The van der Waals surface area contributed by atoms with Gasteiger partial charge in [-0.2, -0.15) is 13.2 Å². The van der Waals surface area contributed by atoms with Crippen molar-refractivity contribution in [3.05, 3.63) is 35.4 Å². The summed E-state index contributed by atoms with van der Waals surface area (Å²) in [5, 5.41) is 3.56. The molecule has 112 valence electrons. The summed E-state index contributed by atoms with van der Waals surface area (Å²) in [7, 11) is 0. The Morgan fingerprint density at radius 2 is 1.85 bits per heavy atom. The molecule has 0 aromatic heterocycles. The average Bonchev–Trinajstić information content (AvgIpc) is 3.23. The van der Waals surface area contributed by atoms with Gasteiger partial charge in [0.1, 0.15) is 0 Å². The van der Waals surface area contributed by atoms with Crippen molar-refractivity contribution in [2.24, 2.45) is 5.92 Å².